The Bertz CT molecular complexity index is 687. The van der Waals surface area contributed by atoms with Gasteiger partial charge in [-0.05, 0) is 64.8 Å². The first-order valence-electron chi connectivity index (χ1n) is 8.76. The molecule has 0 radical (unpaired) electrons. The molecule has 0 heterocycles. The van der Waals surface area contributed by atoms with Gasteiger partial charge in [0.1, 0.15) is 5.75 Å². The summed E-state index contributed by atoms with van der Waals surface area (Å²) < 4.78 is 37.7. The molecule has 148 valence electrons. The number of hydrogen-bond donors (Lipinski definition) is 2. The number of benzene rings is 1. The molecule has 0 bridgehead atoms. The summed E-state index contributed by atoms with van der Waals surface area (Å²) in [5.41, 5.74) is 0.648. The Morgan fingerprint density at radius 2 is 1.88 bits per heavy atom. The number of amides is 1. The number of nitrogens with one attached hydrogen (secondary N) is 2. The highest BCUT2D eigenvalue weighted by Crippen LogP contribution is 2.21. The average molecular weight is 387 g/mol. The van der Waals surface area contributed by atoms with Gasteiger partial charge in [-0.25, -0.2) is 13.1 Å². The predicted molar refractivity (Wildman–Crippen MR) is 101 cm³/mol. The maximum absolute atomic E-state index is 12.2. The van der Waals surface area contributed by atoms with Crippen LogP contribution in [0.2, 0.25) is 0 Å². The molecule has 0 unspecified atom stereocenters. The molecule has 0 saturated carbocycles. The molecule has 1 amide bonds. The van der Waals surface area contributed by atoms with Gasteiger partial charge in [0.25, 0.3) is 5.91 Å². The van der Waals surface area contributed by atoms with Crippen LogP contribution in [0.5, 0.6) is 5.75 Å². The molecule has 0 aromatic heterocycles. The van der Waals surface area contributed by atoms with Gasteiger partial charge in [-0.15, -0.1) is 0 Å². The molecule has 0 saturated heterocycles. The standard InChI is InChI=1S/C18H30N2O5S/c1-13(2)20-26(22,23)16-7-8-17(15(5)11-16)25-12-18(21)19-9-6-10-24-14(3)4/h7-8,11,13-14,20H,6,9-10,12H2,1-5H3,(H,19,21). The van der Waals surface area contributed by atoms with Gasteiger partial charge in [-0.1, -0.05) is 0 Å². The molecular weight excluding hydrogens is 356 g/mol. The number of rotatable bonds is 11. The van der Waals surface area contributed by atoms with Crippen molar-refractivity contribution in [2.75, 3.05) is 19.8 Å². The second-order valence-corrected chi connectivity index (χ2v) is 8.33. The van der Waals surface area contributed by atoms with E-state index in [-0.39, 0.29) is 29.6 Å². The molecule has 1 rings (SSSR count). The highest BCUT2D eigenvalue weighted by Gasteiger charge is 2.16. The largest absolute Gasteiger partial charge is 0.484 e. The Hall–Kier alpha value is -1.64. The van der Waals surface area contributed by atoms with Crippen LogP contribution in [0.25, 0.3) is 0 Å². The SMILES string of the molecule is Cc1cc(S(=O)(=O)NC(C)C)ccc1OCC(=O)NCCCOC(C)C. The molecule has 8 heteroatoms. The van der Waals surface area contributed by atoms with Gasteiger partial charge in [-0.2, -0.15) is 0 Å². The van der Waals surface area contributed by atoms with E-state index in [1.54, 1.807) is 26.8 Å². The number of sulfonamides is 1. The van der Waals surface area contributed by atoms with Gasteiger partial charge < -0.3 is 14.8 Å². The molecule has 1 aromatic rings. The molecule has 0 spiro atoms. The first-order valence-corrected chi connectivity index (χ1v) is 10.2. The molecule has 7 nitrogen and oxygen atoms in total. The topological polar surface area (TPSA) is 93.7 Å². The maximum Gasteiger partial charge on any atom is 0.257 e. The predicted octanol–water partition coefficient (Wildman–Crippen LogP) is 1.99. The van der Waals surface area contributed by atoms with Crippen molar-refractivity contribution in [1.29, 1.82) is 0 Å². The second kappa shape index (κ2) is 10.5. The van der Waals surface area contributed by atoms with E-state index in [0.717, 1.165) is 6.42 Å². The van der Waals surface area contributed by atoms with Crippen molar-refractivity contribution in [3.8, 4) is 5.75 Å². The summed E-state index contributed by atoms with van der Waals surface area (Å²) in [5.74, 6) is 0.249. The normalized spacial score (nSPS) is 11.8. The summed E-state index contributed by atoms with van der Waals surface area (Å²) in [5, 5.41) is 2.75. The van der Waals surface area contributed by atoms with Crippen LogP contribution < -0.4 is 14.8 Å². The molecule has 0 aliphatic carbocycles. The van der Waals surface area contributed by atoms with Crippen molar-refractivity contribution in [2.24, 2.45) is 0 Å². The first kappa shape index (κ1) is 22.4. The Labute approximate surface area is 156 Å². The fourth-order valence-electron chi connectivity index (χ4n) is 2.14. The lowest BCUT2D eigenvalue weighted by Crippen LogP contribution is -2.31. The summed E-state index contributed by atoms with van der Waals surface area (Å²) in [6.45, 7) is 10.2. The minimum absolute atomic E-state index is 0.123. The molecular formula is C18H30N2O5S. The van der Waals surface area contributed by atoms with E-state index in [4.69, 9.17) is 9.47 Å². The smallest absolute Gasteiger partial charge is 0.257 e. The van der Waals surface area contributed by atoms with Crippen LogP contribution in [0, 0.1) is 6.92 Å². The van der Waals surface area contributed by atoms with Crippen molar-refractivity contribution in [3.63, 3.8) is 0 Å². The summed E-state index contributed by atoms with van der Waals surface area (Å²) in [6.07, 6.45) is 0.915. The van der Waals surface area contributed by atoms with Gasteiger partial charge in [0, 0.05) is 19.2 Å². The zero-order chi connectivity index (χ0) is 19.7. The minimum Gasteiger partial charge on any atom is -0.484 e. The van der Waals surface area contributed by atoms with Gasteiger partial charge in [0.05, 0.1) is 11.0 Å². The monoisotopic (exact) mass is 386 g/mol. The summed E-state index contributed by atoms with van der Waals surface area (Å²) in [6, 6.07) is 4.37. The van der Waals surface area contributed by atoms with E-state index in [2.05, 4.69) is 10.0 Å². The van der Waals surface area contributed by atoms with Crippen LogP contribution in [-0.2, 0) is 19.6 Å². The van der Waals surface area contributed by atoms with Crippen LogP contribution in [0.3, 0.4) is 0 Å². The lowest BCUT2D eigenvalue weighted by Gasteiger charge is -2.13. The van der Waals surface area contributed by atoms with E-state index in [1.807, 2.05) is 13.8 Å². The van der Waals surface area contributed by atoms with Gasteiger partial charge in [-0.3, -0.25) is 4.79 Å². The van der Waals surface area contributed by atoms with Crippen molar-refractivity contribution in [2.45, 2.75) is 58.1 Å². The highest BCUT2D eigenvalue weighted by atomic mass is 32.2. The quantitative estimate of drug-likeness (QED) is 0.567. The average Bonchev–Trinajstić information content (AvgIpc) is 2.51. The Morgan fingerprint density at radius 3 is 2.46 bits per heavy atom. The van der Waals surface area contributed by atoms with Crippen molar-refractivity contribution < 1.29 is 22.7 Å². The molecule has 0 fully saturated rings. The second-order valence-electron chi connectivity index (χ2n) is 6.62. The maximum atomic E-state index is 12.2. The van der Waals surface area contributed by atoms with Crippen LogP contribution in [0.4, 0.5) is 0 Å². The molecule has 0 aliphatic rings. The molecule has 1 aromatic carbocycles. The Morgan fingerprint density at radius 1 is 1.19 bits per heavy atom. The van der Waals surface area contributed by atoms with Crippen LogP contribution in [-0.4, -0.2) is 46.2 Å². The number of aryl methyl sites for hydroxylation is 1. The Balaban J connectivity index is 2.50. The van der Waals surface area contributed by atoms with E-state index in [0.29, 0.717) is 24.5 Å². The van der Waals surface area contributed by atoms with E-state index in [9.17, 15) is 13.2 Å². The number of ether oxygens (including phenoxy) is 2. The van der Waals surface area contributed by atoms with Crippen LogP contribution in [0.1, 0.15) is 39.7 Å². The fraction of sp³-hybridized carbons (Fsp3) is 0.611. The van der Waals surface area contributed by atoms with E-state index in [1.165, 1.54) is 12.1 Å². The molecule has 0 aliphatic heterocycles. The lowest BCUT2D eigenvalue weighted by atomic mass is 10.2. The first-order chi connectivity index (χ1) is 12.1. The van der Waals surface area contributed by atoms with Crippen molar-refractivity contribution in [1.82, 2.24) is 10.0 Å². The third kappa shape index (κ3) is 8.16. The Kier molecular flexibility index (Phi) is 9.04. The van der Waals surface area contributed by atoms with Crippen molar-refractivity contribution >= 4 is 15.9 Å². The summed E-state index contributed by atoms with van der Waals surface area (Å²) in [7, 11) is -3.55. The molecule has 26 heavy (non-hydrogen) atoms. The summed E-state index contributed by atoms with van der Waals surface area (Å²) >= 11 is 0. The zero-order valence-corrected chi connectivity index (χ0v) is 17.0. The minimum atomic E-state index is -3.55. The van der Waals surface area contributed by atoms with E-state index < -0.39 is 10.0 Å². The van der Waals surface area contributed by atoms with Gasteiger partial charge in [0.15, 0.2) is 6.61 Å². The van der Waals surface area contributed by atoms with Crippen LogP contribution >= 0.6 is 0 Å². The molecule has 2 N–H and O–H groups in total. The number of hydrogen-bond acceptors (Lipinski definition) is 5. The van der Waals surface area contributed by atoms with Gasteiger partial charge >= 0.3 is 0 Å². The fourth-order valence-corrected chi connectivity index (χ4v) is 3.48. The number of carbonyl (C=O) groups excluding carboxylic acids is 1. The van der Waals surface area contributed by atoms with Crippen molar-refractivity contribution in [3.05, 3.63) is 23.8 Å². The number of carbonyl (C=O) groups is 1. The lowest BCUT2D eigenvalue weighted by molar-refractivity contribution is -0.123. The third-order valence-electron chi connectivity index (χ3n) is 3.30. The molecule has 0 atom stereocenters. The third-order valence-corrected chi connectivity index (χ3v) is 4.96. The van der Waals surface area contributed by atoms with Gasteiger partial charge in [0.2, 0.25) is 10.0 Å². The van der Waals surface area contributed by atoms with E-state index >= 15 is 0 Å². The zero-order valence-electron chi connectivity index (χ0n) is 16.2. The summed E-state index contributed by atoms with van der Waals surface area (Å²) in [4.78, 5) is 12.0. The highest BCUT2D eigenvalue weighted by molar-refractivity contribution is 7.89. The van der Waals surface area contributed by atoms with Crippen LogP contribution in [0.15, 0.2) is 23.1 Å².